The third-order valence-corrected chi connectivity index (χ3v) is 9.64. The first-order valence-corrected chi connectivity index (χ1v) is 19.4. The van der Waals surface area contributed by atoms with Crippen LogP contribution in [0.3, 0.4) is 0 Å². The zero-order valence-electron chi connectivity index (χ0n) is 27.4. The van der Waals surface area contributed by atoms with Crippen molar-refractivity contribution in [1.82, 2.24) is 0 Å². The molecule has 0 saturated carbocycles. The van der Waals surface area contributed by atoms with E-state index in [0.717, 1.165) is 26.1 Å². The molecule has 0 bridgehead atoms. The molecule has 1 saturated heterocycles. The maximum atomic E-state index is 10.4. The van der Waals surface area contributed by atoms with E-state index in [1.165, 1.54) is 165 Å². The van der Waals surface area contributed by atoms with E-state index in [1.807, 2.05) is 0 Å². The van der Waals surface area contributed by atoms with E-state index in [1.54, 1.807) is 0 Å². The van der Waals surface area contributed by atoms with Gasteiger partial charge in [0.25, 0.3) is 10.1 Å². The topological polar surface area (TPSA) is 63.6 Å². The normalized spacial score (nSPS) is 15.1. The van der Waals surface area contributed by atoms with Crippen molar-refractivity contribution in [2.24, 2.45) is 0 Å². The summed E-state index contributed by atoms with van der Waals surface area (Å²) >= 11 is 0. The molecule has 1 rings (SSSR count). The van der Waals surface area contributed by atoms with Crippen LogP contribution in [0.25, 0.3) is 0 Å². The lowest BCUT2D eigenvalue weighted by Gasteiger charge is -2.40. The number of likely N-dealkylation sites (N-methyl/N-ethyl adjacent to an activating group) is 1. The molecule has 0 unspecified atom stereocenters. The molecule has 0 aromatic heterocycles. The van der Waals surface area contributed by atoms with Gasteiger partial charge < -0.3 is 9.22 Å². The van der Waals surface area contributed by atoms with Crippen LogP contribution in [0.15, 0.2) is 0 Å². The van der Waals surface area contributed by atoms with E-state index < -0.39 is 10.1 Å². The quantitative estimate of drug-likeness (QED) is 0.0587. The Morgan fingerprint density at radius 2 is 0.850 bits per heavy atom. The van der Waals surface area contributed by atoms with Crippen LogP contribution in [0.1, 0.15) is 175 Å². The molecule has 0 radical (unpaired) electrons. The van der Waals surface area contributed by atoms with Gasteiger partial charge in [-0.1, -0.05) is 149 Å². The molecule has 0 spiro atoms. The first-order valence-electron chi connectivity index (χ1n) is 17.8. The van der Waals surface area contributed by atoms with Crippen LogP contribution in [0.5, 0.6) is 0 Å². The van der Waals surface area contributed by atoms with Crippen LogP contribution in [-0.2, 0) is 14.9 Å². The summed E-state index contributed by atoms with van der Waals surface area (Å²) in [7, 11) is -3.73. The molecular weight excluding hydrogens is 518 g/mol. The zero-order chi connectivity index (χ0) is 29.6. The predicted octanol–water partition coefficient (Wildman–Crippen LogP) is 10.1. The number of ether oxygens (including phenoxy) is 1. The minimum Gasteiger partial charge on any atom is -0.370 e. The van der Waals surface area contributed by atoms with Crippen molar-refractivity contribution in [3.05, 3.63) is 0 Å². The van der Waals surface area contributed by atoms with Crippen LogP contribution in [0.2, 0.25) is 0 Å². The molecule has 242 valence electrons. The summed E-state index contributed by atoms with van der Waals surface area (Å²) < 4.78 is 36.2. The molecule has 1 N–H and O–H groups in total. The number of hydrogen-bond donors (Lipinski definition) is 1. The van der Waals surface area contributed by atoms with E-state index >= 15 is 0 Å². The molecule has 40 heavy (non-hydrogen) atoms. The molecule has 1 aliphatic heterocycles. The van der Waals surface area contributed by atoms with E-state index in [9.17, 15) is 8.42 Å². The lowest BCUT2D eigenvalue weighted by atomic mass is 10.0. The molecular formula is C34H72NO4S+. The summed E-state index contributed by atoms with van der Waals surface area (Å²) in [6.07, 6.45) is 32.0. The predicted molar refractivity (Wildman–Crippen MR) is 175 cm³/mol. The van der Waals surface area contributed by atoms with E-state index in [0.29, 0.717) is 6.42 Å². The van der Waals surface area contributed by atoms with Crippen molar-refractivity contribution in [3.63, 3.8) is 0 Å². The summed E-state index contributed by atoms with van der Waals surface area (Å²) in [4.78, 5) is 0. The lowest BCUT2D eigenvalue weighted by molar-refractivity contribution is -0.933. The molecule has 6 heteroatoms. The van der Waals surface area contributed by atoms with Crippen molar-refractivity contribution >= 4 is 10.1 Å². The van der Waals surface area contributed by atoms with Gasteiger partial charge in [0.2, 0.25) is 0 Å². The highest BCUT2D eigenvalue weighted by atomic mass is 32.2. The molecule has 1 fully saturated rings. The monoisotopic (exact) mass is 591 g/mol. The number of unbranched alkanes of at least 4 members (excludes halogenated alkanes) is 22. The molecule has 0 aromatic rings. The second kappa shape index (κ2) is 28.9. The van der Waals surface area contributed by atoms with Gasteiger partial charge in [-0.05, 0) is 26.2 Å². The molecule has 0 aromatic carbocycles. The fourth-order valence-electron chi connectivity index (χ4n) is 5.84. The number of morpholine rings is 1. The SMILES string of the molecule is CCCCCCCCCCCCCCCC[N+]1(CC)CCOCC1.CCCCCCCCCCCCS(=O)(=O)O. The third-order valence-electron chi connectivity index (χ3n) is 8.83. The Bertz CT molecular complexity index is 605. The molecule has 0 aliphatic carbocycles. The summed E-state index contributed by atoms with van der Waals surface area (Å²) in [6.45, 7) is 14.0. The van der Waals surface area contributed by atoms with Crippen molar-refractivity contribution < 1.29 is 22.2 Å². The summed E-state index contributed by atoms with van der Waals surface area (Å²) in [5, 5.41) is 0. The standard InChI is InChI=1S/C22H46NO.C12H26O3S/c1-3-5-6-7-8-9-10-11-12-13-14-15-16-17-18-23(4-2)19-21-24-22-20-23;1-2-3-4-5-6-7-8-9-10-11-12-16(13,14)15/h3-22H2,1-2H3;2-12H2,1H3,(H,13,14,15)/q+1;. The summed E-state index contributed by atoms with van der Waals surface area (Å²) in [6, 6.07) is 0. The number of nitrogens with zero attached hydrogens (tertiary/aromatic N) is 1. The Labute approximate surface area is 251 Å². The number of hydrogen-bond acceptors (Lipinski definition) is 3. The number of rotatable bonds is 27. The van der Waals surface area contributed by atoms with Crippen LogP contribution in [0.4, 0.5) is 0 Å². The Morgan fingerprint density at radius 1 is 0.525 bits per heavy atom. The van der Waals surface area contributed by atoms with Gasteiger partial charge in [-0.25, -0.2) is 0 Å². The van der Waals surface area contributed by atoms with Crippen molar-refractivity contribution in [3.8, 4) is 0 Å². The minimum absolute atomic E-state index is 0.0799. The van der Waals surface area contributed by atoms with Crippen LogP contribution in [-0.4, -0.2) is 62.6 Å². The molecule has 5 nitrogen and oxygen atoms in total. The van der Waals surface area contributed by atoms with E-state index in [-0.39, 0.29) is 5.75 Å². The van der Waals surface area contributed by atoms with Gasteiger partial charge >= 0.3 is 0 Å². The highest BCUT2D eigenvalue weighted by Gasteiger charge is 2.27. The fourth-order valence-corrected chi connectivity index (χ4v) is 6.41. The van der Waals surface area contributed by atoms with Gasteiger partial charge in [0.15, 0.2) is 0 Å². The Kier molecular flexibility index (Phi) is 28.8. The summed E-state index contributed by atoms with van der Waals surface area (Å²) in [5.74, 6) is -0.0799. The average Bonchev–Trinajstić information content (AvgIpc) is 2.94. The van der Waals surface area contributed by atoms with Crippen molar-refractivity contribution in [2.75, 3.05) is 45.1 Å². The molecule has 0 amide bonds. The highest BCUT2D eigenvalue weighted by Crippen LogP contribution is 2.16. The second-order valence-corrected chi connectivity index (χ2v) is 14.1. The molecule has 0 atom stereocenters. The van der Waals surface area contributed by atoms with Gasteiger partial charge in [-0.2, -0.15) is 8.42 Å². The van der Waals surface area contributed by atoms with Crippen LogP contribution in [0, 0.1) is 0 Å². The van der Waals surface area contributed by atoms with Gasteiger partial charge in [-0.3, -0.25) is 4.55 Å². The van der Waals surface area contributed by atoms with Crippen LogP contribution >= 0.6 is 0 Å². The van der Waals surface area contributed by atoms with Crippen LogP contribution < -0.4 is 0 Å². The maximum Gasteiger partial charge on any atom is 0.264 e. The lowest BCUT2D eigenvalue weighted by Crippen LogP contribution is -2.55. The Morgan fingerprint density at radius 3 is 1.18 bits per heavy atom. The smallest absolute Gasteiger partial charge is 0.264 e. The van der Waals surface area contributed by atoms with Crippen molar-refractivity contribution in [1.29, 1.82) is 0 Å². The zero-order valence-corrected chi connectivity index (χ0v) is 28.3. The minimum atomic E-state index is -3.73. The number of quaternary nitrogens is 1. The second-order valence-electron chi connectivity index (χ2n) is 12.5. The van der Waals surface area contributed by atoms with Gasteiger partial charge in [0, 0.05) is 0 Å². The average molecular weight is 591 g/mol. The fraction of sp³-hybridized carbons (Fsp3) is 1.00. The highest BCUT2D eigenvalue weighted by molar-refractivity contribution is 7.85. The van der Waals surface area contributed by atoms with Gasteiger partial charge in [-0.15, -0.1) is 0 Å². The van der Waals surface area contributed by atoms with Crippen molar-refractivity contribution in [2.45, 2.75) is 175 Å². The van der Waals surface area contributed by atoms with Gasteiger partial charge in [0.05, 0.1) is 32.1 Å². The maximum absolute atomic E-state index is 10.4. The molecule has 1 aliphatic rings. The Balaban J connectivity index is 0.000000829. The first kappa shape index (κ1) is 39.8. The molecule has 1 heterocycles. The summed E-state index contributed by atoms with van der Waals surface area (Å²) in [5.41, 5.74) is 0. The first-order chi connectivity index (χ1) is 19.4. The van der Waals surface area contributed by atoms with E-state index in [4.69, 9.17) is 9.29 Å². The van der Waals surface area contributed by atoms with E-state index in [2.05, 4.69) is 20.8 Å². The van der Waals surface area contributed by atoms with Gasteiger partial charge in [0.1, 0.15) is 13.1 Å². The Hall–Kier alpha value is -0.170. The largest absolute Gasteiger partial charge is 0.370 e. The third kappa shape index (κ3) is 28.0.